The van der Waals surface area contributed by atoms with Gasteiger partial charge in [0.25, 0.3) is 0 Å². The molecular formula is C11H15BrN4O. The summed E-state index contributed by atoms with van der Waals surface area (Å²) in [4.78, 5) is 4.28. The Bertz CT molecular complexity index is 479. The fourth-order valence-electron chi connectivity index (χ4n) is 1.73. The molecule has 2 aromatic heterocycles. The molecule has 0 fully saturated rings. The van der Waals surface area contributed by atoms with Crippen LogP contribution in [0.1, 0.15) is 24.0 Å². The Morgan fingerprint density at radius 2 is 2.41 bits per heavy atom. The predicted molar refractivity (Wildman–Crippen MR) is 68.0 cm³/mol. The minimum atomic E-state index is -0.00185. The number of nitrogens with zero attached hydrogens (tertiary/aromatic N) is 2. The first-order valence-electron chi connectivity index (χ1n) is 5.38. The SMILES string of the molecule is Cn1ccnc1CCC(NN)c1ccc(Br)o1. The maximum Gasteiger partial charge on any atom is 0.169 e. The maximum absolute atomic E-state index is 5.54. The van der Waals surface area contributed by atoms with Crippen LogP contribution in [0.2, 0.25) is 0 Å². The first-order valence-corrected chi connectivity index (χ1v) is 6.17. The Balaban J connectivity index is 1.99. The molecule has 2 heterocycles. The maximum atomic E-state index is 5.54. The van der Waals surface area contributed by atoms with Gasteiger partial charge < -0.3 is 8.98 Å². The Labute approximate surface area is 108 Å². The van der Waals surface area contributed by atoms with Crippen LogP contribution in [0.25, 0.3) is 0 Å². The van der Waals surface area contributed by atoms with Gasteiger partial charge in [-0.2, -0.15) is 0 Å². The molecule has 0 aliphatic rings. The van der Waals surface area contributed by atoms with Crippen molar-refractivity contribution in [1.82, 2.24) is 15.0 Å². The van der Waals surface area contributed by atoms with Crippen molar-refractivity contribution in [2.75, 3.05) is 0 Å². The molecule has 2 aromatic rings. The van der Waals surface area contributed by atoms with E-state index in [1.54, 1.807) is 6.20 Å². The molecule has 92 valence electrons. The van der Waals surface area contributed by atoms with Crippen LogP contribution in [0.4, 0.5) is 0 Å². The summed E-state index contributed by atoms with van der Waals surface area (Å²) in [5.74, 6) is 7.40. The highest BCUT2D eigenvalue weighted by Gasteiger charge is 2.14. The van der Waals surface area contributed by atoms with E-state index in [1.807, 2.05) is 29.9 Å². The van der Waals surface area contributed by atoms with Crippen molar-refractivity contribution in [3.63, 3.8) is 0 Å². The van der Waals surface area contributed by atoms with Crippen molar-refractivity contribution < 1.29 is 4.42 Å². The second-order valence-electron chi connectivity index (χ2n) is 3.85. The second kappa shape index (κ2) is 5.48. The topological polar surface area (TPSA) is 69.0 Å². The van der Waals surface area contributed by atoms with E-state index >= 15 is 0 Å². The zero-order chi connectivity index (χ0) is 12.3. The smallest absolute Gasteiger partial charge is 0.169 e. The van der Waals surface area contributed by atoms with Gasteiger partial charge in [0.1, 0.15) is 11.6 Å². The minimum absolute atomic E-state index is 0.00185. The number of hydrogen-bond donors (Lipinski definition) is 2. The fraction of sp³-hybridized carbons (Fsp3) is 0.364. The lowest BCUT2D eigenvalue weighted by Gasteiger charge is -2.12. The second-order valence-corrected chi connectivity index (χ2v) is 4.64. The van der Waals surface area contributed by atoms with Crippen LogP contribution < -0.4 is 11.3 Å². The van der Waals surface area contributed by atoms with E-state index in [0.29, 0.717) is 4.67 Å². The van der Waals surface area contributed by atoms with E-state index in [-0.39, 0.29) is 6.04 Å². The van der Waals surface area contributed by atoms with Gasteiger partial charge in [-0.25, -0.2) is 10.4 Å². The van der Waals surface area contributed by atoms with E-state index in [2.05, 4.69) is 26.3 Å². The van der Waals surface area contributed by atoms with Crippen LogP contribution in [0.5, 0.6) is 0 Å². The third-order valence-electron chi connectivity index (χ3n) is 2.72. The van der Waals surface area contributed by atoms with E-state index < -0.39 is 0 Å². The summed E-state index contributed by atoms with van der Waals surface area (Å²) in [6, 6.07) is 3.77. The average Bonchev–Trinajstić information content (AvgIpc) is 2.90. The first-order chi connectivity index (χ1) is 8.20. The molecule has 0 saturated carbocycles. The molecular weight excluding hydrogens is 284 g/mol. The summed E-state index contributed by atoms with van der Waals surface area (Å²) in [6.07, 6.45) is 5.41. The van der Waals surface area contributed by atoms with Crippen molar-refractivity contribution in [2.45, 2.75) is 18.9 Å². The van der Waals surface area contributed by atoms with Crippen LogP contribution in [0.15, 0.2) is 33.6 Å². The Morgan fingerprint density at radius 3 is 2.94 bits per heavy atom. The highest BCUT2D eigenvalue weighted by Crippen LogP contribution is 2.23. The third-order valence-corrected chi connectivity index (χ3v) is 3.14. The Morgan fingerprint density at radius 1 is 1.59 bits per heavy atom. The van der Waals surface area contributed by atoms with E-state index in [0.717, 1.165) is 24.4 Å². The molecule has 3 N–H and O–H groups in total. The molecule has 0 aliphatic heterocycles. The van der Waals surface area contributed by atoms with Crippen molar-refractivity contribution in [3.8, 4) is 0 Å². The van der Waals surface area contributed by atoms with Crippen LogP contribution in [-0.2, 0) is 13.5 Å². The number of nitrogens with two attached hydrogens (primary N) is 1. The molecule has 0 amide bonds. The summed E-state index contributed by atoms with van der Waals surface area (Å²) < 4.78 is 8.20. The number of rotatable bonds is 5. The lowest BCUT2D eigenvalue weighted by Crippen LogP contribution is -2.28. The van der Waals surface area contributed by atoms with Gasteiger partial charge >= 0.3 is 0 Å². The lowest BCUT2D eigenvalue weighted by atomic mass is 10.1. The third kappa shape index (κ3) is 2.96. The first kappa shape index (κ1) is 12.3. The number of hydrogen-bond acceptors (Lipinski definition) is 4. The molecule has 0 spiro atoms. The van der Waals surface area contributed by atoms with Crippen LogP contribution in [0, 0.1) is 0 Å². The van der Waals surface area contributed by atoms with Gasteiger partial charge in [-0.3, -0.25) is 5.84 Å². The number of imidazole rings is 1. The number of aromatic nitrogens is 2. The predicted octanol–water partition coefficient (Wildman–Crippen LogP) is 1.91. The molecule has 0 aliphatic carbocycles. The quantitative estimate of drug-likeness (QED) is 0.653. The van der Waals surface area contributed by atoms with Gasteiger partial charge in [0.05, 0.1) is 6.04 Å². The van der Waals surface area contributed by atoms with Gasteiger partial charge in [0, 0.05) is 25.9 Å². The van der Waals surface area contributed by atoms with Crippen molar-refractivity contribution in [1.29, 1.82) is 0 Å². The van der Waals surface area contributed by atoms with Crippen LogP contribution >= 0.6 is 15.9 Å². The largest absolute Gasteiger partial charge is 0.453 e. The molecule has 2 rings (SSSR count). The van der Waals surface area contributed by atoms with E-state index in [9.17, 15) is 0 Å². The summed E-state index contributed by atoms with van der Waals surface area (Å²) >= 11 is 3.28. The number of aryl methyl sites for hydroxylation is 2. The Kier molecular flexibility index (Phi) is 3.98. The zero-order valence-electron chi connectivity index (χ0n) is 9.56. The molecule has 0 bridgehead atoms. The number of hydrazine groups is 1. The summed E-state index contributed by atoms with van der Waals surface area (Å²) in [7, 11) is 1.98. The van der Waals surface area contributed by atoms with Crippen LogP contribution in [0.3, 0.4) is 0 Å². The number of furan rings is 1. The highest BCUT2D eigenvalue weighted by molar-refractivity contribution is 9.10. The minimum Gasteiger partial charge on any atom is -0.453 e. The fourth-order valence-corrected chi connectivity index (χ4v) is 2.05. The average molecular weight is 299 g/mol. The molecule has 5 nitrogen and oxygen atoms in total. The normalized spacial score (nSPS) is 12.9. The van der Waals surface area contributed by atoms with Gasteiger partial charge in [-0.1, -0.05) is 0 Å². The van der Waals surface area contributed by atoms with Crippen molar-refractivity contribution in [2.24, 2.45) is 12.9 Å². The lowest BCUT2D eigenvalue weighted by molar-refractivity contribution is 0.388. The molecule has 6 heteroatoms. The zero-order valence-corrected chi connectivity index (χ0v) is 11.1. The number of nitrogens with one attached hydrogen (secondary N) is 1. The van der Waals surface area contributed by atoms with Gasteiger partial charge in [-0.05, 0) is 34.5 Å². The monoisotopic (exact) mass is 298 g/mol. The van der Waals surface area contributed by atoms with Crippen molar-refractivity contribution in [3.05, 3.63) is 40.8 Å². The van der Waals surface area contributed by atoms with E-state index in [1.165, 1.54) is 0 Å². The van der Waals surface area contributed by atoms with Gasteiger partial charge in [-0.15, -0.1) is 0 Å². The van der Waals surface area contributed by atoms with Gasteiger partial charge in [0.15, 0.2) is 4.67 Å². The molecule has 1 unspecified atom stereocenters. The van der Waals surface area contributed by atoms with Gasteiger partial charge in [0.2, 0.25) is 0 Å². The molecule has 0 saturated heterocycles. The number of halogens is 1. The summed E-state index contributed by atoms with van der Waals surface area (Å²) in [5.41, 5.74) is 2.76. The highest BCUT2D eigenvalue weighted by atomic mass is 79.9. The van der Waals surface area contributed by atoms with Crippen molar-refractivity contribution >= 4 is 15.9 Å². The summed E-state index contributed by atoms with van der Waals surface area (Å²) in [5, 5.41) is 0. The summed E-state index contributed by atoms with van der Waals surface area (Å²) in [6.45, 7) is 0. The molecule has 0 radical (unpaired) electrons. The molecule has 1 atom stereocenters. The standard InChI is InChI=1S/C11H15BrN4O/c1-16-7-6-14-11(16)5-2-8(15-13)9-3-4-10(12)17-9/h3-4,6-8,15H,2,5,13H2,1H3. The van der Waals surface area contributed by atoms with Crippen LogP contribution in [-0.4, -0.2) is 9.55 Å². The Hall–Kier alpha value is -1.11. The molecule has 0 aromatic carbocycles. The van der Waals surface area contributed by atoms with E-state index in [4.69, 9.17) is 10.3 Å². The molecule has 17 heavy (non-hydrogen) atoms.